The van der Waals surface area contributed by atoms with E-state index in [1.54, 1.807) is 42.5 Å². The highest BCUT2D eigenvalue weighted by Gasteiger charge is 2.19. The fraction of sp³-hybridized carbons (Fsp3) is 0.120. The first-order valence-corrected chi connectivity index (χ1v) is 12.7. The summed E-state index contributed by atoms with van der Waals surface area (Å²) in [6.07, 6.45) is 0. The van der Waals surface area contributed by atoms with Crippen molar-refractivity contribution in [3.63, 3.8) is 0 Å². The average molecular weight is 478 g/mol. The summed E-state index contributed by atoms with van der Waals surface area (Å²) in [6, 6.07) is 22.7. The summed E-state index contributed by atoms with van der Waals surface area (Å²) in [5.41, 5.74) is 3.38. The fourth-order valence-electron chi connectivity index (χ4n) is 3.24. The fourth-order valence-corrected chi connectivity index (χ4v) is 5.06. The van der Waals surface area contributed by atoms with Crippen LogP contribution in [-0.4, -0.2) is 19.3 Å². The molecule has 4 rings (SSSR count). The van der Waals surface area contributed by atoms with Crippen molar-refractivity contribution in [3.8, 4) is 11.3 Å². The zero-order valence-corrected chi connectivity index (χ0v) is 19.8. The quantitative estimate of drug-likeness (QED) is 0.342. The van der Waals surface area contributed by atoms with Crippen molar-refractivity contribution in [2.75, 3.05) is 10.0 Å². The van der Waals surface area contributed by atoms with Gasteiger partial charge in [0.15, 0.2) is 5.13 Å². The molecule has 0 spiro atoms. The van der Waals surface area contributed by atoms with Gasteiger partial charge in [-0.3, -0.25) is 14.8 Å². The van der Waals surface area contributed by atoms with Crippen LogP contribution in [0.1, 0.15) is 35.7 Å². The maximum atomic E-state index is 12.9. The molecule has 3 aromatic carbocycles. The second-order valence-electron chi connectivity index (χ2n) is 7.73. The van der Waals surface area contributed by atoms with Crippen LogP contribution in [0.5, 0.6) is 0 Å². The van der Waals surface area contributed by atoms with Gasteiger partial charge in [-0.05, 0) is 35.7 Å². The van der Waals surface area contributed by atoms with E-state index in [-0.39, 0.29) is 16.1 Å². The Balaban J connectivity index is 1.52. The lowest BCUT2D eigenvalue weighted by Gasteiger charge is -2.12. The third kappa shape index (κ3) is 5.30. The smallest absolute Gasteiger partial charge is 0.261 e. The third-order valence-corrected chi connectivity index (χ3v) is 7.21. The van der Waals surface area contributed by atoms with Crippen molar-refractivity contribution < 1.29 is 13.2 Å². The van der Waals surface area contributed by atoms with Crippen LogP contribution >= 0.6 is 11.3 Å². The lowest BCUT2D eigenvalue weighted by Crippen LogP contribution is -2.18. The van der Waals surface area contributed by atoms with Crippen LogP contribution in [0, 0.1) is 0 Å². The van der Waals surface area contributed by atoms with Gasteiger partial charge in [0.05, 0.1) is 21.8 Å². The van der Waals surface area contributed by atoms with Gasteiger partial charge >= 0.3 is 0 Å². The van der Waals surface area contributed by atoms with Gasteiger partial charge in [-0.25, -0.2) is 13.4 Å². The molecule has 0 radical (unpaired) electrons. The van der Waals surface area contributed by atoms with Crippen molar-refractivity contribution in [3.05, 3.63) is 95.4 Å². The summed E-state index contributed by atoms with van der Waals surface area (Å²) in [5, 5.41) is 5.09. The molecule has 0 aliphatic heterocycles. The molecule has 168 valence electrons. The first-order valence-electron chi connectivity index (χ1n) is 10.4. The summed E-state index contributed by atoms with van der Waals surface area (Å²) in [5.74, 6) is 0.00105. The van der Waals surface area contributed by atoms with E-state index in [0.29, 0.717) is 11.0 Å². The molecule has 0 aliphatic carbocycles. The molecular formula is C25H23N3O3S2. The van der Waals surface area contributed by atoms with E-state index in [9.17, 15) is 13.2 Å². The minimum atomic E-state index is -3.83. The van der Waals surface area contributed by atoms with Crippen LogP contribution in [0.25, 0.3) is 11.3 Å². The normalized spacial score (nSPS) is 11.4. The summed E-state index contributed by atoms with van der Waals surface area (Å²) in [4.78, 5) is 17.6. The minimum Gasteiger partial charge on any atom is -0.298 e. The van der Waals surface area contributed by atoms with Crippen LogP contribution in [0.4, 0.5) is 10.8 Å². The summed E-state index contributed by atoms with van der Waals surface area (Å²) in [7, 11) is -3.83. The third-order valence-electron chi connectivity index (χ3n) is 5.07. The molecule has 4 aromatic rings. The number of carbonyl (C=O) groups is 1. The lowest BCUT2D eigenvalue weighted by molar-refractivity contribution is 0.102. The second kappa shape index (κ2) is 9.56. The van der Waals surface area contributed by atoms with Crippen LogP contribution in [0.3, 0.4) is 0 Å². The van der Waals surface area contributed by atoms with Gasteiger partial charge in [0.1, 0.15) is 0 Å². The molecule has 0 unspecified atom stereocenters. The van der Waals surface area contributed by atoms with Crippen LogP contribution in [0.15, 0.2) is 89.1 Å². The molecule has 0 fully saturated rings. The number of nitrogens with one attached hydrogen (secondary N) is 2. The molecule has 33 heavy (non-hydrogen) atoms. The zero-order valence-electron chi connectivity index (χ0n) is 18.1. The summed E-state index contributed by atoms with van der Waals surface area (Å²) >= 11 is 1.31. The van der Waals surface area contributed by atoms with Gasteiger partial charge in [0.25, 0.3) is 15.9 Å². The molecule has 6 nitrogen and oxygen atoms in total. The van der Waals surface area contributed by atoms with E-state index in [4.69, 9.17) is 0 Å². The topological polar surface area (TPSA) is 88.2 Å². The highest BCUT2D eigenvalue weighted by atomic mass is 32.2. The Morgan fingerprint density at radius 2 is 1.58 bits per heavy atom. The zero-order chi connectivity index (χ0) is 23.4. The molecule has 1 heterocycles. The first-order chi connectivity index (χ1) is 15.8. The van der Waals surface area contributed by atoms with E-state index < -0.39 is 15.9 Å². The number of para-hydroxylation sites is 1. The number of carbonyl (C=O) groups excluding carboxylic acids is 1. The molecule has 1 aromatic heterocycles. The number of amides is 1. The van der Waals surface area contributed by atoms with Crippen molar-refractivity contribution in [2.24, 2.45) is 0 Å². The van der Waals surface area contributed by atoms with Gasteiger partial charge in [-0.15, -0.1) is 11.3 Å². The van der Waals surface area contributed by atoms with Gasteiger partial charge in [0, 0.05) is 10.9 Å². The monoisotopic (exact) mass is 477 g/mol. The minimum absolute atomic E-state index is 0.119. The molecule has 0 atom stereocenters. The standard InChI is InChI=1S/C25H23N3O3S2/c1-17(2)18-12-14-19(15-13-18)23-16-32-25(26-23)27-24(29)21-10-6-7-11-22(21)28-33(30,31)20-8-4-3-5-9-20/h3-17,28H,1-2H3,(H,26,27,29). The number of rotatable bonds is 7. The Morgan fingerprint density at radius 3 is 2.27 bits per heavy atom. The maximum absolute atomic E-state index is 12.9. The number of hydrogen-bond acceptors (Lipinski definition) is 5. The van der Waals surface area contributed by atoms with Crippen molar-refractivity contribution in [2.45, 2.75) is 24.7 Å². The molecule has 0 bridgehead atoms. The molecular weight excluding hydrogens is 454 g/mol. The number of aromatic nitrogens is 1. The number of nitrogens with zero attached hydrogens (tertiary/aromatic N) is 1. The van der Waals surface area contributed by atoms with E-state index in [1.807, 2.05) is 17.5 Å². The van der Waals surface area contributed by atoms with Crippen LogP contribution in [-0.2, 0) is 10.0 Å². The second-order valence-corrected chi connectivity index (χ2v) is 10.3. The van der Waals surface area contributed by atoms with E-state index in [2.05, 4.69) is 41.0 Å². The SMILES string of the molecule is CC(C)c1ccc(-c2csc(NC(=O)c3ccccc3NS(=O)(=O)c3ccccc3)n2)cc1. The van der Waals surface area contributed by atoms with Crippen molar-refractivity contribution >= 4 is 38.1 Å². The Bertz CT molecular complexity index is 1360. The Labute approximate surface area is 197 Å². The molecule has 1 amide bonds. The van der Waals surface area contributed by atoms with Crippen LogP contribution in [0.2, 0.25) is 0 Å². The first kappa shape index (κ1) is 22.7. The maximum Gasteiger partial charge on any atom is 0.261 e. The Hall–Kier alpha value is -3.49. The number of sulfonamides is 1. The molecule has 0 saturated heterocycles. The van der Waals surface area contributed by atoms with E-state index in [0.717, 1.165) is 11.3 Å². The summed E-state index contributed by atoms with van der Waals surface area (Å²) in [6.45, 7) is 4.28. The highest BCUT2D eigenvalue weighted by Crippen LogP contribution is 2.28. The van der Waals surface area contributed by atoms with Crippen LogP contribution < -0.4 is 10.0 Å². The number of thiazole rings is 1. The average Bonchev–Trinajstić information content (AvgIpc) is 3.28. The molecule has 0 aliphatic rings. The van der Waals surface area contributed by atoms with E-state index in [1.165, 1.54) is 29.0 Å². The Morgan fingerprint density at radius 1 is 0.909 bits per heavy atom. The Kier molecular flexibility index (Phi) is 6.57. The summed E-state index contributed by atoms with van der Waals surface area (Å²) < 4.78 is 27.9. The number of hydrogen-bond donors (Lipinski definition) is 2. The molecule has 2 N–H and O–H groups in total. The van der Waals surface area contributed by atoms with Gasteiger partial charge in [-0.2, -0.15) is 0 Å². The van der Waals surface area contributed by atoms with Crippen molar-refractivity contribution in [1.82, 2.24) is 4.98 Å². The van der Waals surface area contributed by atoms with Crippen molar-refractivity contribution in [1.29, 1.82) is 0 Å². The van der Waals surface area contributed by atoms with Gasteiger partial charge in [0.2, 0.25) is 0 Å². The van der Waals surface area contributed by atoms with Gasteiger partial charge in [-0.1, -0.05) is 68.4 Å². The predicted molar refractivity (Wildman–Crippen MR) is 133 cm³/mol. The van der Waals surface area contributed by atoms with E-state index >= 15 is 0 Å². The molecule has 0 saturated carbocycles. The highest BCUT2D eigenvalue weighted by molar-refractivity contribution is 7.92. The number of benzene rings is 3. The lowest BCUT2D eigenvalue weighted by atomic mass is 10.0. The van der Waals surface area contributed by atoms with Gasteiger partial charge < -0.3 is 0 Å². The number of anilines is 2. The molecule has 8 heteroatoms. The predicted octanol–water partition coefficient (Wildman–Crippen LogP) is 5.99. The largest absolute Gasteiger partial charge is 0.298 e.